The molecule has 0 bridgehead atoms. The van der Waals surface area contributed by atoms with Gasteiger partial charge in [-0.25, -0.2) is 8.42 Å². The summed E-state index contributed by atoms with van der Waals surface area (Å²) < 4.78 is 23.1. The fourth-order valence-electron chi connectivity index (χ4n) is 2.59. The lowest BCUT2D eigenvalue weighted by Gasteiger charge is -2.33. The number of hydrogen-bond acceptors (Lipinski definition) is 4. The molecule has 1 fully saturated rings. The van der Waals surface area contributed by atoms with Gasteiger partial charge < -0.3 is 5.73 Å². The standard InChI is InChI=1S/C15H24N2O2S/c1-12(9-16)15-5-3-14(4-6-15)10-17-7-8-20(18,19)11-13(17)2/h3-6,12-13H,7-11,16H2,1-2H3. The van der Waals surface area contributed by atoms with Gasteiger partial charge in [0.15, 0.2) is 9.84 Å². The van der Waals surface area contributed by atoms with Crippen LogP contribution in [0.25, 0.3) is 0 Å². The first-order chi connectivity index (χ1) is 9.41. The van der Waals surface area contributed by atoms with E-state index >= 15 is 0 Å². The van der Waals surface area contributed by atoms with Crippen LogP contribution in [0.1, 0.15) is 30.9 Å². The Kier molecular flexibility index (Phi) is 4.83. The van der Waals surface area contributed by atoms with Crippen LogP contribution in [0.5, 0.6) is 0 Å². The minimum Gasteiger partial charge on any atom is -0.330 e. The number of nitrogens with two attached hydrogens (primary N) is 1. The summed E-state index contributed by atoms with van der Waals surface area (Å²) >= 11 is 0. The Labute approximate surface area is 121 Å². The summed E-state index contributed by atoms with van der Waals surface area (Å²) in [5.74, 6) is 0.928. The average molecular weight is 296 g/mol. The van der Waals surface area contributed by atoms with Crippen molar-refractivity contribution >= 4 is 9.84 Å². The molecule has 1 saturated heterocycles. The van der Waals surface area contributed by atoms with Gasteiger partial charge in [0.05, 0.1) is 11.5 Å². The fraction of sp³-hybridized carbons (Fsp3) is 0.600. The molecule has 2 N–H and O–H groups in total. The summed E-state index contributed by atoms with van der Waals surface area (Å²) in [6.07, 6.45) is 0. The summed E-state index contributed by atoms with van der Waals surface area (Å²) in [6, 6.07) is 8.59. The molecule has 1 aromatic rings. The molecule has 20 heavy (non-hydrogen) atoms. The number of sulfone groups is 1. The summed E-state index contributed by atoms with van der Waals surface area (Å²) in [4.78, 5) is 2.24. The van der Waals surface area contributed by atoms with Gasteiger partial charge >= 0.3 is 0 Å². The van der Waals surface area contributed by atoms with Crippen molar-refractivity contribution in [2.75, 3.05) is 24.6 Å². The van der Waals surface area contributed by atoms with Crippen LogP contribution in [0.3, 0.4) is 0 Å². The molecule has 0 amide bonds. The lowest BCUT2D eigenvalue weighted by Crippen LogP contribution is -2.46. The molecule has 0 spiro atoms. The molecule has 1 aromatic carbocycles. The van der Waals surface area contributed by atoms with E-state index in [9.17, 15) is 8.42 Å². The van der Waals surface area contributed by atoms with E-state index < -0.39 is 9.84 Å². The van der Waals surface area contributed by atoms with Crippen LogP contribution >= 0.6 is 0 Å². The molecular weight excluding hydrogens is 272 g/mol. The third kappa shape index (κ3) is 3.81. The molecule has 4 nitrogen and oxygen atoms in total. The number of rotatable bonds is 4. The van der Waals surface area contributed by atoms with Crippen molar-refractivity contribution in [2.24, 2.45) is 5.73 Å². The van der Waals surface area contributed by atoms with Crippen molar-refractivity contribution in [2.45, 2.75) is 32.4 Å². The van der Waals surface area contributed by atoms with Crippen LogP contribution < -0.4 is 5.73 Å². The zero-order chi connectivity index (χ0) is 14.8. The maximum Gasteiger partial charge on any atom is 0.153 e. The van der Waals surface area contributed by atoms with Crippen molar-refractivity contribution in [1.29, 1.82) is 0 Å². The molecule has 0 radical (unpaired) electrons. The van der Waals surface area contributed by atoms with E-state index in [2.05, 4.69) is 36.1 Å². The molecule has 1 aliphatic rings. The molecule has 0 aromatic heterocycles. The van der Waals surface area contributed by atoms with Gasteiger partial charge in [0.2, 0.25) is 0 Å². The topological polar surface area (TPSA) is 63.4 Å². The second-order valence-electron chi connectivity index (χ2n) is 5.81. The van der Waals surface area contributed by atoms with Gasteiger partial charge in [0, 0.05) is 19.1 Å². The molecule has 2 unspecified atom stereocenters. The summed E-state index contributed by atoms with van der Waals surface area (Å²) in [7, 11) is -2.83. The second kappa shape index (κ2) is 6.24. The molecule has 1 heterocycles. The van der Waals surface area contributed by atoms with Gasteiger partial charge in [-0.3, -0.25) is 4.90 Å². The minimum atomic E-state index is -2.83. The predicted molar refractivity (Wildman–Crippen MR) is 82.4 cm³/mol. The van der Waals surface area contributed by atoms with E-state index in [4.69, 9.17) is 5.73 Å². The molecule has 2 rings (SSSR count). The largest absolute Gasteiger partial charge is 0.330 e. The van der Waals surface area contributed by atoms with Gasteiger partial charge in [-0.2, -0.15) is 0 Å². The zero-order valence-electron chi connectivity index (χ0n) is 12.2. The van der Waals surface area contributed by atoms with Crippen LogP contribution in [0, 0.1) is 0 Å². The Morgan fingerprint density at radius 3 is 2.55 bits per heavy atom. The number of hydrogen-bond donors (Lipinski definition) is 1. The molecule has 0 aliphatic carbocycles. The van der Waals surface area contributed by atoms with Crippen molar-refractivity contribution in [1.82, 2.24) is 4.90 Å². The van der Waals surface area contributed by atoms with Gasteiger partial charge in [0.25, 0.3) is 0 Å². The second-order valence-corrected chi connectivity index (χ2v) is 8.04. The molecule has 5 heteroatoms. The van der Waals surface area contributed by atoms with Crippen LogP contribution in [0.2, 0.25) is 0 Å². The summed E-state index contributed by atoms with van der Waals surface area (Å²) in [5.41, 5.74) is 8.15. The van der Waals surface area contributed by atoms with Crippen LogP contribution in [-0.4, -0.2) is 44.0 Å². The number of nitrogens with zero attached hydrogens (tertiary/aromatic N) is 1. The average Bonchev–Trinajstić information content (AvgIpc) is 2.41. The van der Waals surface area contributed by atoms with E-state index in [1.807, 2.05) is 6.92 Å². The number of benzene rings is 1. The predicted octanol–water partition coefficient (Wildman–Crippen LogP) is 1.37. The van der Waals surface area contributed by atoms with E-state index in [-0.39, 0.29) is 17.5 Å². The van der Waals surface area contributed by atoms with E-state index in [0.29, 0.717) is 19.0 Å². The van der Waals surface area contributed by atoms with Crippen LogP contribution in [0.4, 0.5) is 0 Å². The van der Waals surface area contributed by atoms with E-state index in [1.54, 1.807) is 0 Å². The molecule has 1 aliphatic heterocycles. The highest BCUT2D eigenvalue weighted by atomic mass is 32.2. The molecule has 2 atom stereocenters. The maximum absolute atomic E-state index is 11.6. The van der Waals surface area contributed by atoms with Crippen molar-refractivity contribution in [3.63, 3.8) is 0 Å². The Morgan fingerprint density at radius 1 is 1.35 bits per heavy atom. The molecule has 0 saturated carbocycles. The normalized spacial score (nSPS) is 24.4. The van der Waals surface area contributed by atoms with E-state index in [0.717, 1.165) is 6.54 Å². The Bertz CT molecular complexity index is 539. The van der Waals surface area contributed by atoms with Crippen molar-refractivity contribution in [3.8, 4) is 0 Å². The van der Waals surface area contributed by atoms with Gasteiger partial charge in [0.1, 0.15) is 0 Å². The van der Waals surface area contributed by atoms with Gasteiger partial charge in [-0.1, -0.05) is 31.2 Å². The summed E-state index contributed by atoms with van der Waals surface area (Å²) in [5, 5.41) is 0. The first-order valence-electron chi connectivity index (χ1n) is 7.14. The molecule has 112 valence electrons. The van der Waals surface area contributed by atoms with E-state index in [1.165, 1.54) is 11.1 Å². The Balaban J connectivity index is 2.00. The van der Waals surface area contributed by atoms with Crippen molar-refractivity contribution < 1.29 is 8.42 Å². The van der Waals surface area contributed by atoms with Gasteiger partial charge in [-0.15, -0.1) is 0 Å². The third-order valence-corrected chi connectivity index (χ3v) is 5.89. The SMILES string of the molecule is CC(CN)c1ccc(CN2CCS(=O)(=O)CC2C)cc1. The van der Waals surface area contributed by atoms with Crippen molar-refractivity contribution in [3.05, 3.63) is 35.4 Å². The molecular formula is C15H24N2O2S. The highest BCUT2D eigenvalue weighted by Gasteiger charge is 2.27. The quantitative estimate of drug-likeness (QED) is 0.911. The van der Waals surface area contributed by atoms with Gasteiger partial charge in [-0.05, 0) is 30.5 Å². The highest BCUT2D eigenvalue weighted by molar-refractivity contribution is 7.91. The minimum absolute atomic E-state index is 0.0939. The monoisotopic (exact) mass is 296 g/mol. The first-order valence-corrected chi connectivity index (χ1v) is 8.97. The fourth-order valence-corrected chi connectivity index (χ4v) is 4.22. The van der Waals surface area contributed by atoms with Crippen LogP contribution in [0.15, 0.2) is 24.3 Å². The Morgan fingerprint density at radius 2 is 2.00 bits per heavy atom. The lowest BCUT2D eigenvalue weighted by molar-refractivity contribution is 0.218. The lowest BCUT2D eigenvalue weighted by atomic mass is 10.00. The highest BCUT2D eigenvalue weighted by Crippen LogP contribution is 2.18. The first kappa shape index (κ1) is 15.5. The smallest absolute Gasteiger partial charge is 0.153 e. The maximum atomic E-state index is 11.6. The Hall–Kier alpha value is -0.910. The van der Waals surface area contributed by atoms with Crippen LogP contribution in [-0.2, 0) is 16.4 Å². The zero-order valence-corrected chi connectivity index (χ0v) is 13.1. The summed E-state index contributed by atoms with van der Waals surface area (Å²) in [6.45, 7) is 6.20. The third-order valence-electron chi connectivity index (χ3n) is 4.10.